The zero-order valence-electron chi connectivity index (χ0n) is 17.3. The SMILES string of the molecule is CCNC(=O)c1cc(Cl)cc(Br)c1NC(=O)c1cc(OC2COC2)nn1-c1ncccc1Cl. The second-order valence-corrected chi connectivity index (χ2v) is 8.69. The van der Waals surface area contributed by atoms with Crippen LogP contribution in [0.4, 0.5) is 5.69 Å². The van der Waals surface area contributed by atoms with Crippen LogP contribution in [0.3, 0.4) is 0 Å². The summed E-state index contributed by atoms with van der Waals surface area (Å²) in [5, 5.41) is 10.5. The maximum absolute atomic E-state index is 13.4. The van der Waals surface area contributed by atoms with Crippen LogP contribution in [-0.4, -0.2) is 52.4 Å². The monoisotopic (exact) mass is 553 g/mol. The molecule has 33 heavy (non-hydrogen) atoms. The third-order valence-electron chi connectivity index (χ3n) is 4.63. The lowest BCUT2D eigenvalue weighted by Gasteiger charge is -2.25. The standard InChI is InChI=1S/C21H18BrCl2N5O4/c1-2-25-20(30)13-6-11(23)7-14(22)18(13)27-21(31)16-8-17(33-12-9-32-10-12)28-29(16)19-15(24)4-3-5-26-19/h3-8,12H,2,9-10H2,1H3,(H,25,30)(H,27,31). The first-order chi connectivity index (χ1) is 15.9. The maximum atomic E-state index is 13.4. The topological polar surface area (TPSA) is 107 Å². The van der Waals surface area contributed by atoms with Gasteiger partial charge < -0.3 is 20.1 Å². The lowest BCUT2D eigenvalue weighted by Crippen LogP contribution is -2.38. The zero-order chi connectivity index (χ0) is 23.5. The fourth-order valence-corrected chi connectivity index (χ4v) is 4.15. The Morgan fingerprint density at radius 2 is 2.06 bits per heavy atom. The van der Waals surface area contributed by atoms with Crippen molar-refractivity contribution in [1.82, 2.24) is 20.1 Å². The Balaban J connectivity index is 1.73. The summed E-state index contributed by atoms with van der Waals surface area (Å²) in [6.07, 6.45) is 1.38. The molecule has 1 saturated heterocycles. The van der Waals surface area contributed by atoms with E-state index in [2.05, 4.69) is 36.6 Å². The van der Waals surface area contributed by atoms with Crippen LogP contribution in [-0.2, 0) is 4.74 Å². The van der Waals surface area contributed by atoms with Crippen molar-refractivity contribution >= 4 is 56.6 Å². The summed E-state index contributed by atoms with van der Waals surface area (Å²) in [5.74, 6) is -0.471. The predicted octanol–water partition coefficient (Wildman–Crippen LogP) is 4.12. The summed E-state index contributed by atoms with van der Waals surface area (Å²) in [5.41, 5.74) is 0.564. The minimum absolute atomic E-state index is 0.106. The highest BCUT2D eigenvalue weighted by atomic mass is 79.9. The normalized spacial score (nSPS) is 13.3. The Kier molecular flexibility index (Phi) is 7.18. The van der Waals surface area contributed by atoms with Gasteiger partial charge in [-0.3, -0.25) is 9.59 Å². The average Bonchev–Trinajstić information content (AvgIpc) is 3.17. The fraction of sp³-hybridized carbons (Fsp3) is 0.238. The van der Waals surface area contributed by atoms with Crippen molar-refractivity contribution < 1.29 is 19.1 Å². The van der Waals surface area contributed by atoms with E-state index in [0.29, 0.717) is 34.3 Å². The summed E-state index contributed by atoms with van der Waals surface area (Å²) < 4.78 is 12.6. The molecule has 0 radical (unpaired) electrons. The van der Waals surface area contributed by atoms with E-state index < -0.39 is 5.91 Å². The number of rotatable bonds is 7. The fourth-order valence-electron chi connectivity index (χ4n) is 3.04. The van der Waals surface area contributed by atoms with E-state index >= 15 is 0 Å². The summed E-state index contributed by atoms with van der Waals surface area (Å²) in [4.78, 5) is 30.2. The molecule has 4 rings (SSSR count). The van der Waals surface area contributed by atoms with Gasteiger partial charge in [0.05, 0.1) is 29.5 Å². The van der Waals surface area contributed by atoms with Crippen molar-refractivity contribution in [3.63, 3.8) is 0 Å². The molecule has 1 aromatic carbocycles. The number of ether oxygens (including phenoxy) is 2. The Morgan fingerprint density at radius 3 is 2.73 bits per heavy atom. The van der Waals surface area contributed by atoms with E-state index in [1.54, 1.807) is 25.1 Å². The Labute approximate surface area is 207 Å². The van der Waals surface area contributed by atoms with Gasteiger partial charge in [0, 0.05) is 28.3 Å². The first-order valence-corrected chi connectivity index (χ1v) is 11.5. The highest BCUT2D eigenvalue weighted by molar-refractivity contribution is 9.10. The summed E-state index contributed by atoms with van der Waals surface area (Å²) >= 11 is 15.8. The number of nitrogens with zero attached hydrogens (tertiary/aromatic N) is 3. The number of amides is 2. The third-order valence-corrected chi connectivity index (χ3v) is 5.77. The van der Waals surface area contributed by atoms with E-state index in [1.165, 1.54) is 23.0 Å². The van der Waals surface area contributed by atoms with Crippen molar-refractivity contribution in [1.29, 1.82) is 0 Å². The molecular weight excluding hydrogens is 537 g/mol. The molecule has 2 amide bonds. The largest absolute Gasteiger partial charge is 0.468 e. The molecule has 3 heterocycles. The number of benzene rings is 1. The van der Waals surface area contributed by atoms with Gasteiger partial charge in [-0.15, -0.1) is 5.10 Å². The van der Waals surface area contributed by atoms with Crippen LogP contribution < -0.4 is 15.4 Å². The molecular formula is C21H18BrCl2N5O4. The molecule has 0 aliphatic carbocycles. The first kappa shape index (κ1) is 23.5. The minimum atomic E-state index is -0.558. The molecule has 0 bridgehead atoms. The minimum Gasteiger partial charge on any atom is -0.468 e. The second-order valence-electron chi connectivity index (χ2n) is 6.99. The number of carbonyl (C=O) groups is 2. The van der Waals surface area contributed by atoms with Gasteiger partial charge in [0.1, 0.15) is 11.8 Å². The van der Waals surface area contributed by atoms with Gasteiger partial charge in [-0.1, -0.05) is 23.2 Å². The summed E-state index contributed by atoms with van der Waals surface area (Å²) in [6, 6.07) is 7.84. The highest BCUT2D eigenvalue weighted by Crippen LogP contribution is 2.32. The van der Waals surface area contributed by atoms with Crippen molar-refractivity contribution in [2.45, 2.75) is 13.0 Å². The van der Waals surface area contributed by atoms with Crippen molar-refractivity contribution in [2.24, 2.45) is 0 Å². The van der Waals surface area contributed by atoms with E-state index in [4.69, 9.17) is 32.7 Å². The maximum Gasteiger partial charge on any atom is 0.274 e. The van der Waals surface area contributed by atoms with Gasteiger partial charge in [-0.2, -0.15) is 0 Å². The number of carbonyl (C=O) groups excluding carboxylic acids is 2. The van der Waals surface area contributed by atoms with E-state index in [0.717, 1.165) is 0 Å². The Morgan fingerprint density at radius 1 is 1.27 bits per heavy atom. The van der Waals surface area contributed by atoms with Crippen molar-refractivity contribution in [2.75, 3.05) is 25.1 Å². The van der Waals surface area contributed by atoms with Gasteiger partial charge in [0.2, 0.25) is 5.88 Å². The highest BCUT2D eigenvalue weighted by Gasteiger charge is 2.26. The molecule has 0 unspecified atom stereocenters. The average molecular weight is 555 g/mol. The van der Waals surface area contributed by atoms with Gasteiger partial charge in [0.15, 0.2) is 5.82 Å². The molecule has 0 atom stereocenters. The van der Waals surface area contributed by atoms with Gasteiger partial charge in [-0.25, -0.2) is 9.67 Å². The lowest BCUT2D eigenvalue weighted by molar-refractivity contribution is -0.0814. The molecule has 172 valence electrons. The number of hydrogen-bond acceptors (Lipinski definition) is 6. The molecule has 9 nitrogen and oxygen atoms in total. The number of halogens is 3. The Bertz CT molecular complexity index is 1220. The van der Waals surface area contributed by atoms with Crippen LogP contribution in [0.2, 0.25) is 10.0 Å². The number of pyridine rings is 1. The molecule has 2 aromatic heterocycles. The third kappa shape index (κ3) is 5.14. The molecule has 0 spiro atoms. The van der Waals surface area contributed by atoms with Crippen LogP contribution in [0.5, 0.6) is 5.88 Å². The van der Waals surface area contributed by atoms with Crippen LogP contribution in [0, 0.1) is 0 Å². The van der Waals surface area contributed by atoms with Crippen molar-refractivity contribution in [3.05, 3.63) is 62.3 Å². The van der Waals surface area contributed by atoms with Crippen LogP contribution >= 0.6 is 39.1 Å². The Hall–Kier alpha value is -2.66. The van der Waals surface area contributed by atoms with Gasteiger partial charge >= 0.3 is 0 Å². The van der Waals surface area contributed by atoms with E-state index in [1.807, 2.05) is 0 Å². The van der Waals surface area contributed by atoms with Crippen LogP contribution in [0.25, 0.3) is 5.82 Å². The molecule has 2 N–H and O–H groups in total. The molecule has 1 fully saturated rings. The number of anilines is 1. The molecule has 3 aromatic rings. The van der Waals surface area contributed by atoms with Gasteiger partial charge in [0.25, 0.3) is 11.8 Å². The number of aromatic nitrogens is 3. The molecule has 1 aliphatic heterocycles. The second kappa shape index (κ2) is 10.1. The van der Waals surface area contributed by atoms with E-state index in [9.17, 15) is 9.59 Å². The van der Waals surface area contributed by atoms with Crippen LogP contribution in [0.15, 0.2) is 41.0 Å². The number of hydrogen-bond donors (Lipinski definition) is 2. The first-order valence-electron chi connectivity index (χ1n) is 9.91. The van der Waals surface area contributed by atoms with Crippen molar-refractivity contribution in [3.8, 4) is 11.7 Å². The quantitative estimate of drug-likeness (QED) is 0.455. The smallest absolute Gasteiger partial charge is 0.274 e. The lowest BCUT2D eigenvalue weighted by atomic mass is 10.1. The molecule has 12 heteroatoms. The summed E-state index contributed by atoms with van der Waals surface area (Å²) in [7, 11) is 0. The zero-order valence-corrected chi connectivity index (χ0v) is 20.4. The van der Waals surface area contributed by atoms with Crippen LogP contribution in [0.1, 0.15) is 27.8 Å². The molecule has 0 saturated carbocycles. The van der Waals surface area contributed by atoms with E-state index in [-0.39, 0.29) is 40.7 Å². The summed E-state index contributed by atoms with van der Waals surface area (Å²) in [6.45, 7) is 3.07. The van der Waals surface area contributed by atoms with Gasteiger partial charge in [-0.05, 0) is 47.1 Å². The predicted molar refractivity (Wildman–Crippen MR) is 127 cm³/mol. The number of nitrogens with one attached hydrogen (secondary N) is 2. The molecule has 1 aliphatic rings.